The summed E-state index contributed by atoms with van der Waals surface area (Å²) < 4.78 is 0. The van der Waals surface area contributed by atoms with Gasteiger partial charge < -0.3 is 5.32 Å². The third kappa shape index (κ3) is 3.14. The van der Waals surface area contributed by atoms with Crippen molar-refractivity contribution in [2.24, 2.45) is 11.8 Å². The Kier molecular flexibility index (Phi) is 4.82. The summed E-state index contributed by atoms with van der Waals surface area (Å²) in [5, 5.41) is 3.70. The number of hydrogen-bond donors (Lipinski definition) is 1. The molecule has 0 heterocycles. The van der Waals surface area contributed by atoms with E-state index in [0.717, 1.165) is 24.8 Å². The van der Waals surface area contributed by atoms with E-state index in [2.05, 4.69) is 50.4 Å². The molecule has 1 fully saturated rings. The molecule has 3 unspecified atom stereocenters. The van der Waals surface area contributed by atoms with E-state index in [4.69, 9.17) is 0 Å². The fourth-order valence-corrected chi connectivity index (χ4v) is 3.29. The molecule has 0 spiro atoms. The van der Waals surface area contributed by atoms with Gasteiger partial charge in [0.25, 0.3) is 0 Å². The van der Waals surface area contributed by atoms with Crippen LogP contribution in [-0.4, -0.2) is 6.54 Å². The first-order valence-corrected chi connectivity index (χ1v) is 7.56. The summed E-state index contributed by atoms with van der Waals surface area (Å²) in [5.41, 5.74) is 2.92. The van der Waals surface area contributed by atoms with Gasteiger partial charge in [0.15, 0.2) is 0 Å². The lowest BCUT2D eigenvalue weighted by atomic mass is 9.90. The number of aryl methyl sites for hydroxylation is 1. The van der Waals surface area contributed by atoms with Gasteiger partial charge in [0.05, 0.1) is 0 Å². The minimum atomic E-state index is 0.561. The van der Waals surface area contributed by atoms with Crippen LogP contribution >= 0.6 is 0 Å². The molecule has 1 aliphatic carbocycles. The molecular weight excluding hydrogens is 218 g/mol. The van der Waals surface area contributed by atoms with Crippen molar-refractivity contribution in [3.05, 3.63) is 35.4 Å². The van der Waals surface area contributed by atoms with Gasteiger partial charge in [-0.2, -0.15) is 0 Å². The second-order valence-electron chi connectivity index (χ2n) is 5.81. The first-order chi connectivity index (χ1) is 8.74. The summed E-state index contributed by atoms with van der Waals surface area (Å²) in [7, 11) is 0. The molecule has 1 aromatic carbocycles. The molecule has 0 aliphatic heterocycles. The highest BCUT2D eigenvalue weighted by Crippen LogP contribution is 2.38. The van der Waals surface area contributed by atoms with Crippen molar-refractivity contribution in [3.63, 3.8) is 0 Å². The maximum Gasteiger partial charge on any atom is 0.0348 e. The number of hydrogen-bond acceptors (Lipinski definition) is 1. The van der Waals surface area contributed by atoms with Gasteiger partial charge in [-0.15, -0.1) is 0 Å². The summed E-state index contributed by atoms with van der Waals surface area (Å²) >= 11 is 0. The van der Waals surface area contributed by atoms with Crippen molar-refractivity contribution in [2.75, 3.05) is 6.54 Å². The Hall–Kier alpha value is -0.820. The average molecular weight is 245 g/mol. The van der Waals surface area contributed by atoms with E-state index in [1.807, 2.05) is 0 Å². The lowest BCUT2D eigenvalue weighted by Gasteiger charge is -2.25. The van der Waals surface area contributed by atoms with Gasteiger partial charge in [-0.3, -0.25) is 0 Å². The molecule has 100 valence electrons. The van der Waals surface area contributed by atoms with Crippen LogP contribution in [0.3, 0.4) is 0 Å². The summed E-state index contributed by atoms with van der Waals surface area (Å²) in [6.45, 7) is 7.88. The molecule has 18 heavy (non-hydrogen) atoms. The predicted octanol–water partition coefficient (Wildman–Crippen LogP) is 4.34. The van der Waals surface area contributed by atoms with E-state index in [1.54, 1.807) is 0 Å². The van der Waals surface area contributed by atoms with Gasteiger partial charge >= 0.3 is 0 Å². The highest BCUT2D eigenvalue weighted by molar-refractivity contribution is 5.25. The number of nitrogens with one attached hydrogen (secondary N) is 1. The van der Waals surface area contributed by atoms with E-state index in [0.29, 0.717) is 6.04 Å². The van der Waals surface area contributed by atoms with Crippen molar-refractivity contribution in [2.45, 2.75) is 52.5 Å². The smallest absolute Gasteiger partial charge is 0.0348 e. The molecule has 0 aromatic heterocycles. The quantitative estimate of drug-likeness (QED) is 0.814. The van der Waals surface area contributed by atoms with Gasteiger partial charge in [0, 0.05) is 6.04 Å². The van der Waals surface area contributed by atoms with Crippen LogP contribution in [-0.2, 0) is 6.42 Å². The zero-order chi connectivity index (χ0) is 13.0. The van der Waals surface area contributed by atoms with Gasteiger partial charge in [-0.1, -0.05) is 51.5 Å². The molecule has 0 amide bonds. The van der Waals surface area contributed by atoms with Gasteiger partial charge in [-0.05, 0) is 48.8 Å². The zero-order valence-corrected chi connectivity index (χ0v) is 12.1. The van der Waals surface area contributed by atoms with Crippen LogP contribution in [0.1, 0.15) is 57.2 Å². The van der Waals surface area contributed by atoms with Crippen LogP contribution in [0.5, 0.6) is 0 Å². The van der Waals surface area contributed by atoms with E-state index in [9.17, 15) is 0 Å². The third-order valence-electron chi connectivity index (χ3n) is 4.38. The van der Waals surface area contributed by atoms with Crippen LogP contribution < -0.4 is 5.32 Å². The average Bonchev–Trinajstić information content (AvgIpc) is 2.82. The van der Waals surface area contributed by atoms with Crippen LogP contribution in [0.15, 0.2) is 24.3 Å². The van der Waals surface area contributed by atoms with Crippen molar-refractivity contribution in [1.29, 1.82) is 0 Å². The highest BCUT2D eigenvalue weighted by atomic mass is 14.9. The third-order valence-corrected chi connectivity index (χ3v) is 4.38. The Balaban J connectivity index is 2.12. The SMILES string of the molecule is CCNC(c1ccc(CC)cc1)C1CCC(C)C1. The number of rotatable bonds is 5. The second kappa shape index (κ2) is 6.38. The number of benzene rings is 1. The molecule has 1 aliphatic rings. The zero-order valence-electron chi connectivity index (χ0n) is 12.1. The van der Waals surface area contributed by atoms with E-state index < -0.39 is 0 Å². The predicted molar refractivity (Wildman–Crippen MR) is 78.7 cm³/mol. The monoisotopic (exact) mass is 245 g/mol. The topological polar surface area (TPSA) is 12.0 Å². The molecule has 1 heteroatoms. The van der Waals surface area contributed by atoms with Gasteiger partial charge in [0.2, 0.25) is 0 Å². The highest BCUT2D eigenvalue weighted by Gasteiger charge is 2.29. The van der Waals surface area contributed by atoms with Crippen molar-refractivity contribution in [3.8, 4) is 0 Å². The fourth-order valence-electron chi connectivity index (χ4n) is 3.29. The molecule has 2 rings (SSSR count). The molecular formula is C17H27N. The summed E-state index contributed by atoms with van der Waals surface area (Å²) in [6.07, 6.45) is 5.30. The second-order valence-corrected chi connectivity index (χ2v) is 5.81. The molecule has 1 aromatic rings. The Bertz CT molecular complexity index is 354. The van der Waals surface area contributed by atoms with Gasteiger partial charge in [0.1, 0.15) is 0 Å². The summed E-state index contributed by atoms with van der Waals surface area (Å²) in [5.74, 6) is 1.73. The van der Waals surface area contributed by atoms with E-state index in [1.165, 1.54) is 30.4 Å². The largest absolute Gasteiger partial charge is 0.310 e. The Morgan fingerprint density at radius 1 is 1.17 bits per heavy atom. The molecule has 1 N–H and O–H groups in total. The molecule has 0 radical (unpaired) electrons. The van der Waals surface area contributed by atoms with Crippen LogP contribution in [0, 0.1) is 11.8 Å². The van der Waals surface area contributed by atoms with Crippen LogP contribution in [0.25, 0.3) is 0 Å². The Labute approximate surface area is 112 Å². The first-order valence-electron chi connectivity index (χ1n) is 7.56. The standard InChI is InChI=1S/C17H27N/c1-4-14-7-10-15(11-8-14)17(18-5-2)16-9-6-13(3)12-16/h7-8,10-11,13,16-18H,4-6,9,12H2,1-3H3. The lowest BCUT2D eigenvalue weighted by Crippen LogP contribution is -2.27. The van der Waals surface area contributed by atoms with Crippen molar-refractivity contribution in [1.82, 2.24) is 5.32 Å². The molecule has 0 saturated heterocycles. The normalized spacial score (nSPS) is 25.3. The molecule has 3 atom stereocenters. The van der Waals surface area contributed by atoms with Crippen LogP contribution in [0.4, 0.5) is 0 Å². The minimum Gasteiger partial charge on any atom is -0.310 e. The van der Waals surface area contributed by atoms with Crippen molar-refractivity contribution < 1.29 is 0 Å². The lowest BCUT2D eigenvalue weighted by molar-refractivity contribution is 0.365. The summed E-state index contributed by atoms with van der Waals surface area (Å²) in [6, 6.07) is 9.80. The summed E-state index contributed by atoms with van der Waals surface area (Å²) in [4.78, 5) is 0. The molecule has 0 bridgehead atoms. The molecule has 1 saturated carbocycles. The fraction of sp³-hybridized carbons (Fsp3) is 0.647. The van der Waals surface area contributed by atoms with E-state index >= 15 is 0 Å². The minimum absolute atomic E-state index is 0.561. The molecule has 1 nitrogen and oxygen atoms in total. The van der Waals surface area contributed by atoms with E-state index in [-0.39, 0.29) is 0 Å². The van der Waals surface area contributed by atoms with Gasteiger partial charge in [-0.25, -0.2) is 0 Å². The Morgan fingerprint density at radius 2 is 1.89 bits per heavy atom. The van der Waals surface area contributed by atoms with Crippen molar-refractivity contribution >= 4 is 0 Å². The maximum atomic E-state index is 3.70. The Morgan fingerprint density at radius 3 is 2.39 bits per heavy atom. The maximum absolute atomic E-state index is 3.70. The first kappa shape index (κ1) is 13.6. The van der Waals surface area contributed by atoms with Crippen LogP contribution in [0.2, 0.25) is 0 Å².